The Morgan fingerprint density at radius 1 is 1.26 bits per heavy atom. The Bertz CT molecular complexity index is 1030. The smallest absolute Gasteiger partial charge is 0.356 e. The summed E-state index contributed by atoms with van der Waals surface area (Å²) in [6.07, 6.45) is 5.32. The van der Waals surface area contributed by atoms with Crippen LogP contribution in [0.5, 0.6) is 11.6 Å². The molecule has 0 fully saturated rings. The Labute approximate surface area is 165 Å². The van der Waals surface area contributed by atoms with Crippen molar-refractivity contribution in [2.75, 3.05) is 25.1 Å². The van der Waals surface area contributed by atoms with Crippen LogP contribution in [0.25, 0.3) is 10.2 Å². The molecule has 0 bridgehead atoms. The number of benzene rings is 1. The van der Waals surface area contributed by atoms with Crippen LogP contribution in [0.2, 0.25) is 5.02 Å². The molecule has 0 aliphatic carbocycles. The second kappa shape index (κ2) is 7.54. The lowest BCUT2D eigenvalue weighted by atomic mass is 10.3. The highest BCUT2D eigenvalue weighted by molar-refractivity contribution is 7.22. The SMILES string of the molecule is COC(=O)c1cccc(Oc2cc(Cl)cc3sc(N4CC=CCC4)nc23)n1. The van der Waals surface area contributed by atoms with E-state index in [-0.39, 0.29) is 11.6 Å². The van der Waals surface area contributed by atoms with E-state index in [9.17, 15) is 4.79 Å². The molecule has 6 nitrogen and oxygen atoms in total. The summed E-state index contributed by atoms with van der Waals surface area (Å²) in [5, 5.41) is 1.48. The number of hydrogen-bond donors (Lipinski definition) is 0. The third-order valence-electron chi connectivity index (χ3n) is 4.07. The molecule has 138 valence electrons. The third kappa shape index (κ3) is 3.74. The summed E-state index contributed by atoms with van der Waals surface area (Å²) in [5.74, 6) is 0.254. The zero-order valence-electron chi connectivity index (χ0n) is 14.5. The quantitative estimate of drug-likeness (QED) is 0.466. The average Bonchev–Trinajstić information content (AvgIpc) is 3.12. The van der Waals surface area contributed by atoms with Gasteiger partial charge in [0.2, 0.25) is 5.88 Å². The Morgan fingerprint density at radius 2 is 2.15 bits per heavy atom. The molecule has 0 radical (unpaired) electrons. The number of anilines is 1. The maximum Gasteiger partial charge on any atom is 0.356 e. The summed E-state index contributed by atoms with van der Waals surface area (Å²) >= 11 is 7.85. The van der Waals surface area contributed by atoms with Crippen molar-refractivity contribution < 1.29 is 14.3 Å². The van der Waals surface area contributed by atoms with Crippen LogP contribution in [0, 0.1) is 0 Å². The monoisotopic (exact) mass is 401 g/mol. The lowest BCUT2D eigenvalue weighted by molar-refractivity contribution is 0.0593. The Kier molecular flexibility index (Phi) is 4.96. The zero-order chi connectivity index (χ0) is 18.8. The fourth-order valence-electron chi connectivity index (χ4n) is 2.79. The van der Waals surface area contributed by atoms with Gasteiger partial charge in [0.05, 0.1) is 11.8 Å². The first-order valence-electron chi connectivity index (χ1n) is 8.37. The number of thiazole rings is 1. The van der Waals surface area contributed by atoms with Gasteiger partial charge < -0.3 is 14.4 Å². The molecule has 3 heterocycles. The van der Waals surface area contributed by atoms with Gasteiger partial charge in [0.15, 0.2) is 16.6 Å². The number of carbonyl (C=O) groups is 1. The van der Waals surface area contributed by atoms with E-state index in [4.69, 9.17) is 26.1 Å². The van der Waals surface area contributed by atoms with Crippen LogP contribution in [0.15, 0.2) is 42.5 Å². The van der Waals surface area contributed by atoms with E-state index in [0.29, 0.717) is 10.8 Å². The van der Waals surface area contributed by atoms with Gasteiger partial charge in [0.25, 0.3) is 0 Å². The Morgan fingerprint density at radius 3 is 2.93 bits per heavy atom. The van der Waals surface area contributed by atoms with Gasteiger partial charge in [-0.05, 0) is 18.6 Å². The summed E-state index contributed by atoms with van der Waals surface area (Å²) in [5.41, 5.74) is 0.895. The number of pyridine rings is 1. The van der Waals surface area contributed by atoms with Crippen molar-refractivity contribution in [3.63, 3.8) is 0 Å². The van der Waals surface area contributed by atoms with Crippen LogP contribution < -0.4 is 9.64 Å². The maximum absolute atomic E-state index is 11.7. The van der Waals surface area contributed by atoms with E-state index in [1.165, 1.54) is 7.11 Å². The van der Waals surface area contributed by atoms with Crippen molar-refractivity contribution >= 4 is 44.3 Å². The Balaban J connectivity index is 1.70. The molecule has 1 aliphatic heterocycles. The number of rotatable bonds is 4. The summed E-state index contributed by atoms with van der Waals surface area (Å²) in [6.45, 7) is 1.77. The minimum atomic E-state index is -0.522. The summed E-state index contributed by atoms with van der Waals surface area (Å²) < 4.78 is 11.6. The highest BCUT2D eigenvalue weighted by Gasteiger charge is 2.17. The second-order valence-electron chi connectivity index (χ2n) is 5.91. The predicted molar refractivity (Wildman–Crippen MR) is 106 cm³/mol. The molecule has 0 amide bonds. The highest BCUT2D eigenvalue weighted by atomic mass is 35.5. The van der Waals surface area contributed by atoms with E-state index in [1.54, 1.807) is 35.6 Å². The average molecular weight is 402 g/mol. The van der Waals surface area contributed by atoms with Gasteiger partial charge in [0.1, 0.15) is 5.52 Å². The molecule has 1 aromatic carbocycles. The topological polar surface area (TPSA) is 64.6 Å². The molecular weight excluding hydrogens is 386 g/mol. The molecule has 0 unspecified atom stereocenters. The number of aromatic nitrogens is 2. The van der Waals surface area contributed by atoms with Crippen molar-refractivity contribution in [3.8, 4) is 11.6 Å². The fourth-order valence-corrected chi connectivity index (χ4v) is 4.12. The fraction of sp³-hybridized carbons (Fsp3) is 0.211. The number of ether oxygens (including phenoxy) is 2. The van der Waals surface area contributed by atoms with E-state index in [2.05, 4.69) is 22.0 Å². The summed E-state index contributed by atoms with van der Waals surface area (Å²) in [4.78, 5) is 22.8. The van der Waals surface area contributed by atoms with Crippen LogP contribution in [0.1, 0.15) is 16.9 Å². The first kappa shape index (κ1) is 17.8. The van der Waals surface area contributed by atoms with Crippen LogP contribution in [-0.4, -0.2) is 36.1 Å². The van der Waals surface area contributed by atoms with E-state index in [1.807, 2.05) is 6.07 Å². The molecule has 3 aromatic rings. The van der Waals surface area contributed by atoms with Crippen LogP contribution >= 0.6 is 22.9 Å². The second-order valence-corrected chi connectivity index (χ2v) is 7.35. The van der Waals surface area contributed by atoms with Gasteiger partial charge in [-0.15, -0.1) is 0 Å². The lowest BCUT2D eigenvalue weighted by Crippen LogP contribution is -2.26. The molecule has 0 N–H and O–H groups in total. The first-order valence-corrected chi connectivity index (χ1v) is 9.57. The molecule has 8 heteroatoms. The van der Waals surface area contributed by atoms with Gasteiger partial charge in [-0.25, -0.2) is 14.8 Å². The van der Waals surface area contributed by atoms with Gasteiger partial charge in [-0.3, -0.25) is 0 Å². The molecule has 0 spiro atoms. The molecule has 1 aliphatic rings. The molecule has 0 atom stereocenters. The summed E-state index contributed by atoms with van der Waals surface area (Å²) in [7, 11) is 1.31. The van der Waals surface area contributed by atoms with Crippen molar-refractivity contribution in [2.24, 2.45) is 0 Å². The van der Waals surface area contributed by atoms with Gasteiger partial charge in [-0.1, -0.05) is 41.2 Å². The molecule has 0 saturated carbocycles. The summed E-state index contributed by atoms with van der Waals surface area (Å²) in [6, 6.07) is 8.50. The van der Waals surface area contributed by atoms with Crippen LogP contribution in [0.3, 0.4) is 0 Å². The number of methoxy groups -OCH3 is 1. The zero-order valence-corrected chi connectivity index (χ0v) is 16.1. The number of hydrogen-bond acceptors (Lipinski definition) is 7. The molecule has 0 saturated heterocycles. The Hall–Kier alpha value is -2.64. The minimum Gasteiger partial charge on any atom is -0.464 e. The third-order valence-corrected chi connectivity index (χ3v) is 5.36. The maximum atomic E-state index is 11.7. The molecule has 2 aromatic heterocycles. The van der Waals surface area contributed by atoms with Gasteiger partial charge >= 0.3 is 5.97 Å². The van der Waals surface area contributed by atoms with Crippen molar-refractivity contribution in [1.82, 2.24) is 9.97 Å². The van der Waals surface area contributed by atoms with Crippen molar-refractivity contribution in [1.29, 1.82) is 0 Å². The standard InChI is InChI=1S/C19H16ClN3O3S/c1-25-18(24)13-6-5-7-16(21-13)26-14-10-12(20)11-15-17(14)22-19(27-15)23-8-3-2-4-9-23/h2-3,5-7,10-11H,4,8-9H2,1H3. The van der Waals surface area contributed by atoms with Gasteiger partial charge in [0, 0.05) is 30.2 Å². The number of esters is 1. The number of carbonyl (C=O) groups excluding carboxylic acids is 1. The van der Waals surface area contributed by atoms with E-state index in [0.717, 1.165) is 34.9 Å². The molecule has 4 rings (SSSR count). The predicted octanol–water partition coefficient (Wildman–Crippen LogP) is 4.69. The van der Waals surface area contributed by atoms with Crippen LogP contribution in [0.4, 0.5) is 5.13 Å². The normalized spacial score (nSPS) is 13.8. The molecular formula is C19H16ClN3O3S. The van der Waals surface area contributed by atoms with Crippen LogP contribution in [-0.2, 0) is 4.74 Å². The van der Waals surface area contributed by atoms with E-state index >= 15 is 0 Å². The number of nitrogens with zero attached hydrogens (tertiary/aromatic N) is 3. The van der Waals surface area contributed by atoms with E-state index < -0.39 is 5.97 Å². The number of fused-ring (bicyclic) bond motifs is 1. The minimum absolute atomic E-state index is 0.173. The van der Waals surface area contributed by atoms with Crippen molar-refractivity contribution in [3.05, 3.63) is 53.2 Å². The first-order chi connectivity index (χ1) is 13.1. The van der Waals surface area contributed by atoms with Crippen molar-refractivity contribution in [2.45, 2.75) is 6.42 Å². The largest absolute Gasteiger partial charge is 0.464 e. The lowest BCUT2D eigenvalue weighted by Gasteiger charge is -2.21. The van der Waals surface area contributed by atoms with Gasteiger partial charge in [-0.2, -0.15) is 0 Å². The molecule has 27 heavy (non-hydrogen) atoms. The number of halogens is 1. The highest BCUT2D eigenvalue weighted by Crippen LogP contribution is 2.38.